The summed E-state index contributed by atoms with van der Waals surface area (Å²) < 4.78 is 42.8. The number of rotatable bonds is 5. The molecule has 146 valence electrons. The summed E-state index contributed by atoms with van der Waals surface area (Å²) in [5, 5.41) is 0.424. The Hall–Kier alpha value is -3.46. The summed E-state index contributed by atoms with van der Waals surface area (Å²) in [4.78, 5) is 24.2. The number of benzene rings is 1. The SMILES string of the molecule is CS(=O)Nc1ccc(F)c(C(=O)c2c[nH]c3ncc(-c4cccnc4)cc23)c1F. The number of anilines is 1. The zero-order valence-electron chi connectivity index (χ0n) is 15.1. The molecule has 0 bridgehead atoms. The van der Waals surface area contributed by atoms with Crippen molar-refractivity contribution in [3.8, 4) is 11.1 Å². The molecule has 6 nitrogen and oxygen atoms in total. The first-order chi connectivity index (χ1) is 14.0. The summed E-state index contributed by atoms with van der Waals surface area (Å²) in [6, 6.07) is 7.37. The van der Waals surface area contributed by atoms with Gasteiger partial charge in [-0.1, -0.05) is 6.07 Å². The lowest BCUT2D eigenvalue weighted by atomic mass is 10.00. The molecule has 0 radical (unpaired) electrons. The first-order valence-corrected chi connectivity index (χ1v) is 10.0. The highest BCUT2D eigenvalue weighted by Gasteiger charge is 2.24. The molecule has 0 fully saturated rings. The van der Waals surface area contributed by atoms with E-state index in [0.717, 1.165) is 17.7 Å². The third-order valence-electron chi connectivity index (χ3n) is 4.34. The van der Waals surface area contributed by atoms with Crippen LogP contribution >= 0.6 is 0 Å². The molecule has 4 aromatic rings. The fourth-order valence-corrected chi connectivity index (χ4v) is 3.48. The molecule has 3 heterocycles. The Labute approximate surface area is 166 Å². The van der Waals surface area contributed by atoms with Gasteiger partial charge in [-0.3, -0.25) is 9.78 Å². The van der Waals surface area contributed by atoms with Gasteiger partial charge >= 0.3 is 0 Å². The Balaban J connectivity index is 1.83. The van der Waals surface area contributed by atoms with E-state index < -0.39 is 34.0 Å². The van der Waals surface area contributed by atoms with Crippen molar-refractivity contribution in [2.45, 2.75) is 0 Å². The highest BCUT2D eigenvalue weighted by molar-refractivity contribution is 7.85. The summed E-state index contributed by atoms with van der Waals surface area (Å²) in [5.74, 6) is -2.96. The molecule has 1 unspecified atom stereocenters. The van der Waals surface area contributed by atoms with Crippen molar-refractivity contribution >= 4 is 33.5 Å². The number of H-pyrrole nitrogens is 1. The summed E-state index contributed by atoms with van der Waals surface area (Å²) in [7, 11) is -1.58. The van der Waals surface area contributed by atoms with Crippen LogP contribution in [0.2, 0.25) is 0 Å². The number of hydrogen-bond acceptors (Lipinski definition) is 4. The average molecular weight is 412 g/mol. The molecule has 0 aliphatic rings. The van der Waals surface area contributed by atoms with Gasteiger partial charge in [-0.05, 0) is 24.3 Å². The highest BCUT2D eigenvalue weighted by atomic mass is 32.2. The first-order valence-electron chi connectivity index (χ1n) is 8.46. The number of ketones is 1. The number of hydrogen-bond donors (Lipinski definition) is 2. The molecule has 0 saturated carbocycles. The molecule has 2 N–H and O–H groups in total. The second kappa shape index (κ2) is 7.51. The number of carbonyl (C=O) groups excluding carboxylic acids is 1. The van der Waals surface area contributed by atoms with E-state index in [-0.39, 0.29) is 11.3 Å². The smallest absolute Gasteiger partial charge is 0.201 e. The first kappa shape index (κ1) is 18.9. The van der Waals surface area contributed by atoms with Crippen molar-refractivity contribution < 1.29 is 17.8 Å². The van der Waals surface area contributed by atoms with Gasteiger partial charge in [-0.15, -0.1) is 0 Å². The molecule has 4 rings (SSSR count). The maximum absolute atomic E-state index is 14.8. The molecule has 29 heavy (non-hydrogen) atoms. The van der Waals surface area contributed by atoms with Crippen LogP contribution < -0.4 is 4.72 Å². The van der Waals surface area contributed by atoms with E-state index in [1.54, 1.807) is 30.7 Å². The third kappa shape index (κ3) is 3.52. The monoisotopic (exact) mass is 412 g/mol. The van der Waals surface area contributed by atoms with Crippen LogP contribution in [-0.2, 0) is 11.0 Å². The minimum Gasteiger partial charge on any atom is -0.345 e. The Morgan fingerprint density at radius 3 is 2.72 bits per heavy atom. The zero-order chi connectivity index (χ0) is 20.5. The lowest BCUT2D eigenvalue weighted by Crippen LogP contribution is -2.11. The lowest BCUT2D eigenvalue weighted by molar-refractivity contribution is 0.103. The molecule has 0 spiro atoms. The minimum absolute atomic E-state index is 0.0748. The van der Waals surface area contributed by atoms with E-state index in [4.69, 9.17) is 0 Å². The summed E-state index contributed by atoms with van der Waals surface area (Å²) in [5.41, 5.74) is 1.03. The molecule has 0 aliphatic carbocycles. The summed E-state index contributed by atoms with van der Waals surface area (Å²) in [6.45, 7) is 0. The number of carbonyl (C=O) groups is 1. The van der Waals surface area contributed by atoms with E-state index in [0.29, 0.717) is 16.6 Å². The number of halogens is 2. The largest absolute Gasteiger partial charge is 0.345 e. The van der Waals surface area contributed by atoms with Crippen LogP contribution in [0.5, 0.6) is 0 Å². The van der Waals surface area contributed by atoms with E-state index in [2.05, 4.69) is 19.7 Å². The van der Waals surface area contributed by atoms with E-state index in [1.807, 2.05) is 6.07 Å². The zero-order valence-corrected chi connectivity index (χ0v) is 15.9. The minimum atomic E-state index is -1.58. The van der Waals surface area contributed by atoms with Crippen LogP contribution in [0.4, 0.5) is 14.5 Å². The number of nitrogens with one attached hydrogen (secondary N) is 2. The lowest BCUT2D eigenvalue weighted by Gasteiger charge is -2.09. The maximum atomic E-state index is 14.8. The highest BCUT2D eigenvalue weighted by Crippen LogP contribution is 2.29. The second-order valence-corrected chi connectivity index (χ2v) is 7.35. The van der Waals surface area contributed by atoms with E-state index in [9.17, 15) is 17.8 Å². The Kier molecular flexibility index (Phi) is 4.89. The molecule has 0 aliphatic heterocycles. The fourth-order valence-electron chi connectivity index (χ4n) is 3.01. The van der Waals surface area contributed by atoms with Crippen LogP contribution in [-0.4, -0.2) is 31.2 Å². The molecule has 0 saturated heterocycles. The van der Waals surface area contributed by atoms with Crippen molar-refractivity contribution in [3.63, 3.8) is 0 Å². The van der Waals surface area contributed by atoms with Crippen molar-refractivity contribution in [3.05, 3.63) is 77.9 Å². The second-order valence-electron chi connectivity index (χ2n) is 6.23. The van der Waals surface area contributed by atoms with Gasteiger partial charge in [0.25, 0.3) is 0 Å². The number of nitrogens with zero attached hydrogens (tertiary/aromatic N) is 2. The van der Waals surface area contributed by atoms with Crippen molar-refractivity contribution in [2.75, 3.05) is 11.0 Å². The number of fused-ring (bicyclic) bond motifs is 1. The number of aromatic nitrogens is 3. The topological polar surface area (TPSA) is 87.7 Å². The summed E-state index contributed by atoms with van der Waals surface area (Å²) >= 11 is 0. The quantitative estimate of drug-likeness (QED) is 0.488. The van der Waals surface area contributed by atoms with Gasteiger partial charge in [0.05, 0.1) is 11.3 Å². The molecule has 3 aromatic heterocycles. The molecular formula is C20H14F2N4O2S. The number of pyridine rings is 2. The molecular weight excluding hydrogens is 398 g/mol. The molecule has 0 amide bonds. The van der Waals surface area contributed by atoms with Crippen LogP contribution in [0, 0.1) is 11.6 Å². The predicted molar refractivity (Wildman–Crippen MR) is 107 cm³/mol. The molecule has 1 aromatic carbocycles. The Morgan fingerprint density at radius 2 is 2.00 bits per heavy atom. The van der Waals surface area contributed by atoms with Gasteiger partial charge in [-0.2, -0.15) is 0 Å². The number of aromatic amines is 1. The predicted octanol–water partition coefficient (Wildman–Crippen LogP) is 3.84. The van der Waals surface area contributed by atoms with Gasteiger partial charge in [0.1, 0.15) is 22.5 Å². The van der Waals surface area contributed by atoms with Crippen molar-refractivity contribution in [1.82, 2.24) is 15.0 Å². The van der Waals surface area contributed by atoms with E-state index >= 15 is 0 Å². The molecule has 1 atom stereocenters. The van der Waals surface area contributed by atoms with E-state index in [1.165, 1.54) is 12.5 Å². The summed E-state index contributed by atoms with van der Waals surface area (Å²) in [6.07, 6.45) is 7.57. The molecule has 9 heteroatoms. The third-order valence-corrected chi connectivity index (χ3v) is 4.85. The fraction of sp³-hybridized carbons (Fsp3) is 0.0500. The van der Waals surface area contributed by atoms with Crippen LogP contribution in [0.3, 0.4) is 0 Å². The van der Waals surface area contributed by atoms with Crippen LogP contribution in [0.1, 0.15) is 15.9 Å². The van der Waals surface area contributed by atoms with Gasteiger partial charge in [-0.25, -0.2) is 18.0 Å². The standard InChI is InChI=1S/C20H14F2N4O2S/c1-29(28)26-16-5-4-15(21)17(18(16)22)19(27)14-10-25-20-13(14)7-12(9-24-20)11-3-2-6-23-8-11/h2-10,26H,1H3,(H,24,25). The Morgan fingerprint density at radius 1 is 1.17 bits per heavy atom. The van der Waals surface area contributed by atoms with Gasteiger partial charge in [0.15, 0.2) is 5.82 Å². The van der Waals surface area contributed by atoms with Gasteiger partial charge in [0, 0.05) is 53.1 Å². The maximum Gasteiger partial charge on any atom is 0.201 e. The van der Waals surface area contributed by atoms with Crippen LogP contribution in [0.15, 0.2) is 55.1 Å². The van der Waals surface area contributed by atoms with Gasteiger partial charge < -0.3 is 9.71 Å². The van der Waals surface area contributed by atoms with Gasteiger partial charge in [0.2, 0.25) is 5.78 Å². The van der Waals surface area contributed by atoms with Crippen molar-refractivity contribution in [2.24, 2.45) is 0 Å². The van der Waals surface area contributed by atoms with Crippen LogP contribution in [0.25, 0.3) is 22.2 Å². The normalized spacial score (nSPS) is 12.1. The Bertz CT molecular complexity index is 1260. The average Bonchev–Trinajstić information content (AvgIpc) is 3.14. The van der Waals surface area contributed by atoms with Crippen molar-refractivity contribution in [1.29, 1.82) is 0 Å².